The SMILES string of the molecule is CCCCCC1CCC(C2(C3(F)C=CCC=C3F)CCCCC2)CC1. The topological polar surface area (TPSA) is 0 Å². The van der Waals surface area contributed by atoms with Crippen molar-refractivity contribution in [3.63, 3.8) is 0 Å². The van der Waals surface area contributed by atoms with Gasteiger partial charge in [0.25, 0.3) is 0 Å². The minimum atomic E-state index is -1.84. The Morgan fingerprint density at radius 2 is 1.76 bits per heavy atom. The highest BCUT2D eigenvalue weighted by Gasteiger charge is 2.58. The van der Waals surface area contributed by atoms with Crippen LogP contribution in [0.25, 0.3) is 0 Å². The van der Waals surface area contributed by atoms with Gasteiger partial charge in [-0.25, -0.2) is 8.78 Å². The molecule has 0 aromatic heterocycles. The molecule has 142 valence electrons. The number of alkyl halides is 1. The first-order valence-electron chi connectivity index (χ1n) is 10.8. The Kier molecular flexibility index (Phi) is 6.39. The van der Waals surface area contributed by atoms with Gasteiger partial charge in [0.15, 0.2) is 5.67 Å². The molecule has 0 aromatic carbocycles. The fourth-order valence-electron chi connectivity index (χ4n) is 5.97. The predicted molar refractivity (Wildman–Crippen MR) is 102 cm³/mol. The normalized spacial score (nSPS) is 35.4. The third kappa shape index (κ3) is 3.74. The van der Waals surface area contributed by atoms with Crippen molar-refractivity contribution in [1.82, 2.24) is 0 Å². The highest BCUT2D eigenvalue weighted by atomic mass is 19.2. The van der Waals surface area contributed by atoms with Gasteiger partial charge in [-0.1, -0.05) is 70.8 Å². The molecular weight excluding hydrogens is 314 g/mol. The zero-order valence-corrected chi connectivity index (χ0v) is 16.0. The minimum Gasteiger partial charge on any atom is -0.231 e. The van der Waals surface area contributed by atoms with Gasteiger partial charge in [0.05, 0.1) is 0 Å². The molecule has 0 amide bonds. The van der Waals surface area contributed by atoms with E-state index < -0.39 is 16.9 Å². The lowest BCUT2D eigenvalue weighted by atomic mass is 9.53. The van der Waals surface area contributed by atoms with Crippen molar-refractivity contribution in [3.05, 3.63) is 24.1 Å². The molecule has 1 unspecified atom stereocenters. The van der Waals surface area contributed by atoms with Crippen LogP contribution in [0.2, 0.25) is 0 Å². The van der Waals surface area contributed by atoms with Crippen molar-refractivity contribution in [2.75, 3.05) is 0 Å². The first kappa shape index (κ1) is 19.1. The summed E-state index contributed by atoms with van der Waals surface area (Å²) in [6, 6.07) is 0. The van der Waals surface area contributed by atoms with Gasteiger partial charge in [0, 0.05) is 5.41 Å². The molecule has 3 aliphatic rings. The van der Waals surface area contributed by atoms with Gasteiger partial charge in [-0.3, -0.25) is 0 Å². The minimum absolute atomic E-state index is 0.349. The summed E-state index contributed by atoms with van der Waals surface area (Å²) in [7, 11) is 0. The van der Waals surface area contributed by atoms with Crippen LogP contribution in [0.4, 0.5) is 8.78 Å². The van der Waals surface area contributed by atoms with Crippen molar-refractivity contribution in [3.8, 4) is 0 Å². The molecule has 0 aliphatic heterocycles. The largest absolute Gasteiger partial charge is 0.231 e. The number of hydrogen-bond donors (Lipinski definition) is 0. The highest BCUT2D eigenvalue weighted by molar-refractivity contribution is 5.31. The van der Waals surface area contributed by atoms with E-state index in [-0.39, 0.29) is 0 Å². The second-order valence-electron chi connectivity index (χ2n) is 8.83. The second kappa shape index (κ2) is 8.35. The summed E-state index contributed by atoms with van der Waals surface area (Å²) in [6.07, 6.45) is 20.4. The van der Waals surface area contributed by atoms with Gasteiger partial charge >= 0.3 is 0 Å². The van der Waals surface area contributed by atoms with Gasteiger partial charge in [-0.05, 0) is 56.1 Å². The first-order chi connectivity index (χ1) is 12.1. The summed E-state index contributed by atoms with van der Waals surface area (Å²) in [5.74, 6) is 0.672. The van der Waals surface area contributed by atoms with E-state index >= 15 is 4.39 Å². The van der Waals surface area contributed by atoms with E-state index in [1.165, 1.54) is 51.0 Å². The van der Waals surface area contributed by atoms with Crippen LogP contribution in [0.3, 0.4) is 0 Å². The van der Waals surface area contributed by atoms with Crippen molar-refractivity contribution < 1.29 is 8.78 Å². The zero-order valence-electron chi connectivity index (χ0n) is 16.0. The van der Waals surface area contributed by atoms with E-state index in [0.29, 0.717) is 12.3 Å². The summed E-state index contributed by atoms with van der Waals surface area (Å²) in [6.45, 7) is 2.25. The maximum atomic E-state index is 16.1. The molecule has 0 aromatic rings. The number of hydrogen-bond acceptors (Lipinski definition) is 0. The van der Waals surface area contributed by atoms with Gasteiger partial charge in [0.1, 0.15) is 5.83 Å². The van der Waals surface area contributed by atoms with E-state index in [9.17, 15) is 4.39 Å². The molecule has 0 bridgehead atoms. The third-order valence-corrected chi connectivity index (χ3v) is 7.44. The Hall–Kier alpha value is -0.660. The van der Waals surface area contributed by atoms with Crippen LogP contribution in [0, 0.1) is 17.3 Å². The lowest BCUT2D eigenvalue weighted by molar-refractivity contribution is -0.0575. The van der Waals surface area contributed by atoms with Crippen molar-refractivity contribution in [2.45, 2.75) is 102 Å². The van der Waals surface area contributed by atoms with Crippen molar-refractivity contribution in [2.24, 2.45) is 17.3 Å². The van der Waals surface area contributed by atoms with Crippen LogP contribution in [0.5, 0.6) is 0 Å². The summed E-state index contributed by atoms with van der Waals surface area (Å²) in [4.78, 5) is 0. The molecule has 25 heavy (non-hydrogen) atoms. The molecule has 0 N–H and O–H groups in total. The second-order valence-corrected chi connectivity index (χ2v) is 8.83. The van der Waals surface area contributed by atoms with Crippen LogP contribution in [-0.4, -0.2) is 5.67 Å². The summed E-state index contributed by atoms with van der Waals surface area (Å²) >= 11 is 0. The maximum Gasteiger partial charge on any atom is 0.185 e. The molecule has 2 saturated carbocycles. The fraction of sp³-hybridized carbons (Fsp3) is 0.826. The number of rotatable bonds is 6. The molecule has 0 heterocycles. The van der Waals surface area contributed by atoms with Crippen LogP contribution in [-0.2, 0) is 0 Å². The monoisotopic (exact) mass is 350 g/mol. The summed E-state index contributed by atoms with van der Waals surface area (Å²) in [5, 5.41) is 0. The van der Waals surface area contributed by atoms with Crippen molar-refractivity contribution >= 4 is 0 Å². The van der Waals surface area contributed by atoms with Gasteiger partial charge in [-0.15, -0.1) is 0 Å². The highest BCUT2D eigenvalue weighted by Crippen LogP contribution is 2.60. The van der Waals surface area contributed by atoms with E-state index in [2.05, 4.69) is 6.92 Å². The number of allylic oxidation sites excluding steroid dienone is 4. The Morgan fingerprint density at radius 1 is 1.04 bits per heavy atom. The lowest BCUT2D eigenvalue weighted by Crippen LogP contribution is -2.51. The van der Waals surface area contributed by atoms with Crippen LogP contribution in [0.1, 0.15) is 96.8 Å². The summed E-state index contributed by atoms with van der Waals surface area (Å²) in [5.41, 5.74) is -2.33. The van der Waals surface area contributed by atoms with E-state index in [1.807, 2.05) is 6.08 Å². The first-order valence-corrected chi connectivity index (χ1v) is 10.8. The average Bonchev–Trinajstić information content (AvgIpc) is 2.65. The lowest BCUT2D eigenvalue weighted by Gasteiger charge is -2.53. The van der Waals surface area contributed by atoms with E-state index in [0.717, 1.165) is 44.4 Å². The third-order valence-electron chi connectivity index (χ3n) is 7.44. The Morgan fingerprint density at radius 3 is 2.40 bits per heavy atom. The van der Waals surface area contributed by atoms with Crippen LogP contribution in [0.15, 0.2) is 24.1 Å². The molecule has 0 radical (unpaired) electrons. The van der Waals surface area contributed by atoms with Gasteiger partial charge in [-0.2, -0.15) is 0 Å². The number of unbranched alkanes of at least 4 members (excludes halogenated alkanes) is 2. The molecule has 0 spiro atoms. The van der Waals surface area contributed by atoms with E-state index in [1.54, 1.807) is 6.08 Å². The fourth-order valence-corrected chi connectivity index (χ4v) is 5.97. The molecular formula is C23H36F2. The number of halogens is 2. The zero-order chi connectivity index (χ0) is 17.8. The van der Waals surface area contributed by atoms with Crippen molar-refractivity contribution in [1.29, 1.82) is 0 Å². The molecule has 1 atom stereocenters. The Bertz CT molecular complexity index is 478. The molecule has 3 aliphatic carbocycles. The molecule has 2 fully saturated rings. The molecule has 2 heteroatoms. The van der Waals surface area contributed by atoms with E-state index in [4.69, 9.17) is 0 Å². The maximum absolute atomic E-state index is 16.1. The summed E-state index contributed by atoms with van der Waals surface area (Å²) < 4.78 is 30.8. The standard InChI is InChI=1S/C23H36F2/c1-2-3-5-10-19-12-14-20(15-13-19)22(16-7-4-8-17-22)23(25)18-9-6-11-21(23)24/h9,11,18-20H,2-8,10,12-17H2,1H3. The Labute approximate surface area is 153 Å². The average molecular weight is 351 g/mol. The predicted octanol–water partition coefficient (Wildman–Crippen LogP) is 7.85. The molecule has 0 nitrogen and oxygen atoms in total. The molecule has 3 rings (SSSR count). The smallest absolute Gasteiger partial charge is 0.185 e. The quantitative estimate of drug-likeness (QED) is 0.338. The molecule has 0 saturated heterocycles. The Balaban J connectivity index is 1.73. The van der Waals surface area contributed by atoms with Crippen LogP contribution >= 0.6 is 0 Å². The van der Waals surface area contributed by atoms with Crippen LogP contribution < -0.4 is 0 Å². The van der Waals surface area contributed by atoms with Gasteiger partial charge in [0.2, 0.25) is 0 Å². The van der Waals surface area contributed by atoms with Gasteiger partial charge < -0.3 is 0 Å².